The molecule has 6 heteroatoms. The molecular formula is C17H18N2O4. The topological polar surface area (TPSA) is 87.7 Å². The summed E-state index contributed by atoms with van der Waals surface area (Å²) in [7, 11) is 0. The number of para-hydroxylation sites is 1. The van der Waals surface area contributed by atoms with Crippen LogP contribution in [0.25, 0.3) is 0 Å². The zero-order valence-electron chi connectivity index (χ0n) is 12.5. The maximum atomic E-state index is 11.7. The van der Waals surface area contributed by atoms with Crippen LogP contribution in [-0.2, 0) is 16.0 Å². The summed E-state index contributed by atoms with van der Waals surface area (Å²) in [6, 6.07) is 16.0. The second-order valence-corrected chi connectivity index (χ2v) is 4.83. The lowest BCUT2D eigenvalue weighted by atomic mass is 10.1. The molecule has 2 aromatic carbocycles. The van der Waals surface area contributed by atoms with Gasteiger partial charge < -0.3 is 10.1 Å². The monoisotopic (exact) mass is 314 g/mol. The van der Waals surface area contributed by atoms with E-state index in [2.05, 4.69) is 5.32 Å². The first-order valence-electron chi connectivity index (χ1n) is 7.17. The van der Waals surface area contributed by atoms with Gasteiger partial charge in [0, 0.05) is 17.8 Å². The molecule has 2 aromatic rings. The van der Waals surface area contributed by atoms with Crippen molar-refractivity contribution in [1.29, 1.82) is 0 Å². The Bertz CT molecular complexity index is 641. The predicted molar refractivity (Wildman–Crippen MR) is 85.3 cm³/mol. The molecule has 0 spiro atoms. The normalized spacial score (nSPS) is 9.96. The van der Waals surface area contributed by atoms with Crippen molar-refractivity contribution in [3.63, 3.8) is 0 Å². The van der Waals surface area contributed by atoms with Crippen LogP contribution < -0.4 is 10.8 Å². The SMILES string of the molecule is O=C(Cc1ccc(C(=O)NO)cc1)OCCNc1ccccc1. The molecule has 0 radical (unpaired) electrons. The Morgan fingerprint density at radius 2 is 1.70 bits per heavy atom. The highest BCUT2D eigenvalue weighted by atomic mass is 16.5. The summed E-state index contributed by atoms with van der Waals surface area (Å²) < 4.78 is 5.15. The summed E-state index contributed by atoms with van der Waals surface area (Å²) >= 11 is 0. The highest BCUT2D eigenvalue weighted by molar-refractivity contribution is 5.93. The molecule has 6 nitrogen and oxygen atoms in total. The van der Waals surface area contributed by atoms with Crippen LogP contribution in [0.3, 0.4) is 0 Å². The Labute approximate surface area is 134 Å². The molecule has 0 saturated carbocycles. The van der Waals surface area contributed by atoms with E-state index in [1.807, 2.05) is 30.3 Å². The summed E-state index contributed by atoms with van der Waals surface area (Å²) in [5, 5.41) is 11.7. The van der Waals surface area contributed by atoms with Crippen LogP contribution in [0.1, 0.15) is 15.9 Å². The van der Waals surface area contributed by atoms with Crippen molar-refractivity contribution in [2.24, 2.45) is 0 Å². The predicted octanol–water partition coefficient (Wildman–Crippen LogP) is 2.00. The third kappa shape index (κ3) is 5.44. The molecule has 1 amide bonds. The molecule has 0 bridgehead atoms. The Kier molecular flexibility index (Phi) is 6.14. The van der Waals surface area contributed by atoms with Crippen LogP contribution in [-0.4, -0.2) is 30.2 Å². The fourth-order valence-electron chi connectivity index (χ4n) is 1.97. The Morgan fingerprint density at radius 1 is 1.00 bits per heavy atom. The average molecular weight is 314 g/mol. The third-order valence-corrected chi connectivity index (χ3v) is 3.13. The molecule has 0 aliphatic heterocycles. The number of carbonyl (C=O) groups excluding carboxylic acids is 2. The fraction of sp³-hybridized carbons (Fsp3) is 0.176. The van der Waals surface area contributed by atoms with E-state index in [-0.39, 0.29) is 19.0 Å². The third-order valence-electron chi connectivity index (χ3n) is 3.13. The van der Waals surface area contributed by atoms with Gasteiger partial charge in [0.1, 0.15) is 6.61 Å². The summed E-state index contributed by atoms with van der Waals surface area (Å²) in [5.74, 6) is -0.926. The van der Waals surface area contributed by atoms with Crippen molar-refractivity contribution in [2.45, 2.75) is 6.42 Å². The van der Waals surface area contributed by atoms with Crippen LogP contribution in [0.4, 0.5) is 5.69 Å². The van der Waals surface area contributed by atoms with E-state index in [0.717, 1.165) is 11.3 Å². The van der Waals surface area contributed by atoms with Gasteiger partial charge in [0.2, 0.25) is 0 Å². The standard InChI is InChI=1S/C17H18N2O4/c20-16(23-11-10-18-15-4-2-1-3-5-15)12-13-6-8-14(9-7-13)17(21)19-22/h1-9,18,22H,10-12H2,(H,19,21). The Hall–Kier alpha value is -2.86. The molecule has 3 N–H and O–H groups in total. The molecule has 0 aliphatic carbocycles. The number of benzene rings is 2. The first-order chi connectivity index (χ1) is 11.2. The summed E-state index contributed by atoms with van der Waals surface area (Å²) in [6.45, 7) is 0.810. The van der Waals surface area contributed by atoms with E-state index in [9.17, 15) is 9.59 Å². The van der Waals surface area contributed by atoms with Crippen LogP contribution in [0, 0.1) is 0 Å². The maximum Gasteiger partial charge on any atom is 0.310 e. The zero-order chi connectivity index (χ0) is 16.5. The van der Waals surface area contributed by atoms with E-state index >= 15 is 0 Å². The van der Waals surface area contributed by atoms with E-state index in [0.29, 0.717) is 12.1 Å². The number of hydrogen-bond donors (Lipinski definition) is 3. The van der Waals surface area contributed by atoms with Gasteiger partial charge in [-0.1, -0.05) is 30.3 Å². The van der Waals surface area contributed by atoms with Gasteiger partial charge in [0.25, 0.3) is 5.91 Å². The molecule has 23 heavy (non-hydrogen) atoms. The van der Waals surface area contributed by atoms with Crippen molar-refractivity contribution < 1.29 is 19.5 Å². The van der Waals surface area contributed by atoms with Crippen molar-refractivity contribution in [2.75, 3.05) is 18.5 Å². The summed E-state index contributed by atoms with van der Waals surface area (Å²) in [5.41, 5.74) is 3.58. The minimum Gasteiger partial charge on any atom is -0.464 e. The highest BCUT2D eigenvalue weighted by Crippen LogP contribution is 2.06. The van der Waals surface area contributed by atoms with E-state index in [1.54, 1.807) is 17.6 Å². The minimum atomic E-state index is -0.592. The van der Waals surface area contributed by atoms with Gasteiger partial charge in [0.15, 0.2) is 0 Å². The maximum absolute atomic E-state index is 11.7. The lowest BCUT2D eigenvalue weighted by Gasteiger charge is -2.08. The molecule has 0 saturated heterocycles. The number of hydroxylamine groups is 1. The second-order valence-electron chi connectivity index (χ2n) is 4.83. The average Bonchev–Trinajstić information content (AvgIpc) is 2.59. The second kappa shape index (κ2) is 8.55. The van der Waals surface area contributed by atoms with E-state index in [1.165, 1.54) is 12.1 Å². The Morgan fingerprint density at radius 3 is 2.35 bits per heavy atom. The molecule has 120 valence electrons. The number of ether oxygens (including phenoxy) is 1. The first-order valence-corrected chi connectivity index (χ1v) is 7.17. The van der Waals surface area contributed by atoms with Crippen LogP contribution in [0.5, 0.6) is 0 Å². The van der Waals surface area contributed by atoms with Crippen molar-refractivity contribution >= 4 is 17.6 Å². The molecule has 2 rings (SSSR count). The van der Waals surface area contributed by atoms with Gasteiger partial charge in [-0.25, -0.2) is 5.48 Å². The number of hydrogen-bond acceptors (Lipinski definition) is 5. The molecule has 0 atom stereocenters. The number of amides is 1. The van der Waals surface area contributed by atoms with Crippen molar-refractivity contribution in [3.8, 4) is 0 Å². The number of anilines is 1. The molecule has 0 unspecified atom stereocenters. The lowest BCUT2D eigenvalue weighted by molar-refractivity contribution is -0.142. The molecular weight excluding hydrogens is 296 g/mol. The van der Waals surface area contributed by atoms with Gasteiger partial charge in [-0.2, -0.15) is 0 Å². The minimum absolute atomic E-state index is 0.131. The fourth-order valence-corrected chi connectivity index (χ4v) is 1.97. The van der Waals surface area contributed by atoms with E-state index in [4.69, 9.17) is 9.94 Å². The van der Waals surface area contributed by atoms with E-state index < -0.39 is 5.91 Å². The summed E-state index contributed by atoms with van der Waals surface area (Å²) in [4.78, 5) is 22.9. The number of rotatable bonds is 7. The molecule has 0 heterocycles. The van der Waals surface area contributed by atoms with Crippen LogP contribution in [0.15, 0.2) is 54.6 Å². The molecule has 0 aromatic heterocycles. The number of carbonyl (C=O) groups is 2. The van der Waals surface area contributed by atoms with Gasteiger partial charge in [-0.3, -0.25) is 14.8 Å². The van der Waals surface area contributed by atoms with Crippen molar-refractivity contribution in [1.82, 2.24) is 5.48 Å². The smallest absolute Gasteiger partial charge is 0.310 e. The van der Waals surface area contributed by atoms with Gasteiger partial charge in [0.05, 0.1) is 6.42 Å². The first kappa shape index (κ1) is 16.5. The Balaban J connectivity index is 1.71. The molecule has 0 aliphatic rings. The van der Waals surface area contributed by atoms with Crippen molar-refractivity contribution in [3.05, 3.63) is 65.7 Å². The molecule has 0 fully saturated rings. The van der Waals surface area contributed by atoms with Crippen LogP contribution in [0.2, 0.25) is 0 Å². The highest BCUT2D eigenvalue weighted by Gasteiger charge is 2.07. The number of nitrogens with one attached hydrogen (secondary N) is 2. The van der Waals surface area contributed by atoms with Gasteiger partial charge in [-0.05, 0) is 29.8 Å². The zero-order valence-corrected chi connectivity index (χ0v) is 12.5. The van der Waals surface area contributed by atoms with Crippen LogP contribution >= 0.6 is 0 Å². The summed E-state index contributed by atoms with van der Waals surface area (Å²) in [6.07, 6.45) is 0.131. The van der Waals surface area contributed by atoms with Gasteiger partial charge >= 0.3 is 5.97 Å². The lowest BCUT2D eigenvalue weighted by Crippen LogP contribution is -2.18. The quantitative estimate of drug-likeness (QED) is 0.315. The largest absolute Gasteiger partial charge is 0.464 e. The number of esters is 1. The van der Waals surface area contributed by atoms with Gasteiger partial charge in [-0.15, -0.1) is 0 Å².